The number of carbonyl (C=O) groups is 1. The van der Waals surface area contributed by atoms with Crippen molar-refractivity contribution in [3.05, 3.63) is 24.0 Å². The van der Waals surface area contributed by atoms with Gasteiger partial charge in [-0.05, 0) is 11.6 Å². The molecule has 0 saturated carbocycles. The number of aromatic amines is 1. The van der Waals surface area contributed by atoms with Gasteiger partial charge in [-0.2, -0.15) is 0 Å². The third kappa shape index (κ3) is 1.58. The quantitative estimate of drug-likeness (QED) is 0.639. The molecule has 0 aromatic carbocycles. The number of aliphatic hydroxyl groups excluding tert-OH is 1. The van der Waals surface area contributed by atoms with E-state index in [0.717, 1.165) is 5.56 Å². The Morgan fingerprint density at radius 1 is 1.64 bits per heavy atom. The summed E-state index contributed by atoms with van der Waals surface area (Å²) in [5.74, 6) is 0. The van der Waals surface area contributed by atoms with Crippen LogP contribution in [0.3, 0.4) is 0 Å². The van der Waals surface area contributed by atoms with Gasteiger partial charge in [0.1, 0.15) is 0 Å². The Morgan fingerprint density at radius 2 is 2.50 bits per heavy atom. The molecule has 2 rings (SSSR count). The number of β-amino-alcohol motifs (C(OH)–C–C–N with tert-alkyl or cyclic N) is 1. The molecule has 1 saturated heterocycles. The number of hydrogen-bond donors (Lipinski definition) is 3. The number of carbonyl (C=O) groups excluding carboxylic acids is 1. The smallest absolute Gasteiger partial charge is 0.318 e. The van der Waals surface area contributed by atoms with Gasteiger partial charge in [0.25, 0.3) is 0 Å². The molecule has 1 fully saturated rings. The predicted molar refractivity (Wildman–Crippen MR) is 50.7 cm³/mol. The Bertz CT molecular complexity index is 310. The Balaban J connectivity index is 2.03. The van der Waals surface area contributed by atoms with Crippen LogP contribution in [-0.2, 0) is 0 Å². The average Bonchev–Trinajstić information content (AvgIpc) is 2.76. The Labute approximate surface area is 81.7 Å². The molecule has 5 heteroatoms. The molecule has 5 nitrogen and oxygen atoms in total. The fourth-order valence-corrected chi connectivity index (χ4v) is 1.65. The van der Waals surface area contributed by atoms with E-state index in [1.807, 2.05) is 18.5 Å². The molecule has 1 aliphatic heterocycles. The summed E-state index contributed by atoms with van der Waals surface area (Å²) in [6.45, 7) is 1.03. The number of aliphatic hydroxyl groups is 1. The first-order valence-corrected chi connectivity index (χ1v) is 4.60. The zero-order chi connectivity index (χ0) is 9.97. The Kier molecular flexibility index (Phi) is 2.41. The maximum Gasteiger partial charge on any atom is 0.318 e. The van der Waals surface area contributed by atoms with Crippen LogP contribution in [-0.4, -0.2) is 40.7 Å². The summed E-state index contributed by atoms with van der Waals surface area (Å²) in [7, 11) is 0. The monoisotopic (exact) mass is 195 g/mol. The van der Waals surface area contributed by atoms with Crippen molar-refractivity contribution in [2.24, 2.45) is 0 Å². The first-order chi connectivity index (χ1) is 6.81. The SMILES string of the molecule is O=C1NC(c2cc[nH]c2)CN1CCO. The number of urea groups is 1. The van der Waals surface area contributed by atoms with Gasteiger partial charge >= 0.3 is 6.03 Å². The van der Waals surface area contributed by atoms with Crippen molar-refractivity contribution in [3.63, 3.8) is 0 Å². The largest absolute Gasteiger partial charge is 0.395 e. The van der Waals surface area contributed by atoms with Gasteiger partial charge in [-0.25, -0.2) is 4.79 Å². The van der Waals surface area contributed by atoms with E-state index in [9.17, 15) is 4.79 Å². The normalized spacial score (nSPS) is 21.4. The summed E-state index contributed by atoms with van der Waals surface area (Å²) in [5.41, 5.74) is 1.07. The van der Waals surface area contributed by atoms with Crippen molar-refractivity contribution in [1.82, 2.24) is 15.2 Å². The lowest BCUT2D eigenvalue weighted by atomic mass is 10.1. The van der Waals surface area contributed by atoms with Crippen molar-refractivity contribution < 1.29 is 9.90 Å². The van der Waals surface area contributed by atoms with Crippen molar-refractivity contribution >= 4 is 6.03 Å². The van der Waals surface area contributed by atoms with Gasteiger partial charge in [0.05, 0.1) is 12.6 Å². The zero-order valence-corrected chi connectivity index (χ0v) is 7.73. The van der Waals surface area contributed by atoms with E-state index < -0.39 is 0 Å². The van der Waals surface area contributed by atoms with Gasteiger partial charge < -0.3 is 20.3 Å². The minimum atomic E-state index is -0.106. The molecule has 1 unspecified atom stereocenters. The second-order valence-corrected chi connectivity index (χ2v) is 3.32. The highest BCUT2D eigenvalue weighted by molar-refractivity contribution is 5.77. The van der Waals surface area contributed by atoms with Crippen LogP contribution >= 0.6 is 0 Å². The van der Waals surface area contributed by atoms with Gasteiger partial charge in [-0.1, -0.05) is 0 Å². The van der Waals surface area contributed by atoms with Crippen LogP contribution in [0.2, 0.25) is 0 Å². The lowest BCUT2D eigenvalue weighted by Gasteiger charge is -2.11. The number of nitrogens with zero attached hydrogens (tertiary/aromatic N) is 1. The van der Waals surface area contributed by atoms with E-state index in [0.29, 0.717) is 13.1 Å². The highest BCUT2D eigenvalue weighted by Crippen LogP contribution is 2.18. The van der Waals surface area contributed by atoms with E-state index >= 15 is 0 Å². The van der Waals surface area contributed by atoms with Crippen LogP contribution in [0.15, 0.2) is 18.5 Å². The fraction of sp³-hybridized carbons (Fsp3) is 0.444. The fourth-order valence-electron chi connectivity index (χ4n) is 1.65. The van der Waals surface area contributed by atoms with Crippen LogP contribution in [0, 0.1) is 0 Å². The van der Waals surface area contributed by atoms with Crippen LogP contribution in [0.1, 0.15) is 11.6 Å². The minimum Gasteiger partial charge on any atom is -0.395 e. The molecule has 0 radical (unpaired) electrons. The summed E-state index contributed by atoms with van der Waals surface area (Å²) in [6.07, 6.45) is 3.70. The van der Waals surface area contributed by atoms with Gasteiger partial charge in [0, 0.05) is 25.5 Å². The third-order valence-electron chi connectivity index (χ3n) is 2.38. The number of hydrogen-bond acceptors (Lipinski definition) is 2. The summed E-state index contributed by atoms with van der Waals surface area (Å²) >= 11 is 0. The maximum atomic E-state index is 11.4. The molecule has 1 aliphatic rings. The molecular formula is C9H13N3O2. The molecule has 76 valence electrons. The summed E-state index contributed by atoms with van der Waals surface area (Å²) < 4.78 is 0. The van der Waals surface area contributed by atoms with Crippen molar-refractivity contribution in [2.45, 2.75) is 6.04 Å². The third-order valence-corrected chi connectivity index (χ3v) is 2.38. The minimum absolute atomic E-state index is 0.00722. The van der Waals surface area contributed by atoms with E-state index in [4.69, 9.17) is 5.11 Å². The maximum absolute atomic E-state index is 11.4. The molecule has 0 aliphatic carbocycles. The molecule has 3 N–H and O–H groups in total. The zero-order valence-electron chi connectivity index (χ0n) is 7.73. The average molecular weight is 195 g/mol. The predicted octanol–water partition coefficient (Wildman–Crippen LogP) is 0.0733. The van der Waals surface area contributed by atoms with E-state index in [-0.39, 0.29) is 18.7 Å². The Morgan fingerprint density at radius 3 is 3.14 bits per heavy atom. The number of nitrogens with one attached hydrogen (secondary N) is 2. The van der Waals surface area contributed by atoms with Gasteiger partial charge in [-0.15, -0.1) is 0 Å². The van der Waals surface area contributed by atoms with Gasteiger partial charge in [0.2, 0.25) is 0 Å². The van der Waals surface area contributed by atoms with Crippen molar-refractivity contribution in [3.8, 4) is 0 Å². The van der Waals surface area contributed by atoms with Crippen LogP contribution in [0.4, 0.5) is 4.79 Å². The highest BCUT2D eigenvalue weighted by Gasteiger charge is 2.29. The molecule has 1 atom stereocenters. The lowest BCUT2D eigenvalue weighted by Crippen LogP contribution is -2.30. The van der Waals surface area contributed by atoms with Gasteiger partial charge in [-0.3, -0.25) is 0 Å². The van der Waals surface area contributed by atoms with E-state index in [1.54, 1.807) is 4.90 Å². The summed E-state index contributed by atoms with van der Waals surface area (Å²) in [6, 6.07) is 1.87. The molecule has 0 spiro atoms. The molecule has 1 aromatic rings. The number of amides is 2. The molecule has 0 bridgehead atoms. The summed E-state index contributed by atoms with van der Waals surface area (Å²) in [5, 5.41) is 11.6. The van der Waals surface area contributed by atoms with Crippen LogP contribution in [0.25, 0.3) is 0 Å². The van der Waals surface area contributed by atoms with E-state index in [1.165, 1.54) is 0 Å². The lowest BCUT2D eigenvalue weighted by molar-refractivity contribution is 0.196. The van der Waals surface area contributed by atoms with Gasteiger partial charge in [0.15, 0.2) is 0 Å². The van der Waals surface area contributed by atoms with Crippen LogP contribution < -0.4 is 5.32 Å². The van der Waals surface area contributed by atoms with E-state index in [2.05, 4.69) is 10.3 Å². The first kappa shape index (κ1) is 9.08. The van der Waals surface area contributed by atoms with Crippen molar-refractivity contribution in [1.29, 1.82) is 0 Å². The standard InChI is InChI=1S/C9H13N3O2/c13-4-3-12-6-8(11-9(12)14)7-1-2-10-5-7/h1-2,5,8,10,13H,3-4,6H2,(H,11,14). The Hall–Kier alpha value is -1.49. The molecule has 2 heterocycles. The second kappa shape index (κ2) is 3.71. The highest BCUT2D eigenvalue weighted by atomic mass is 16.3. The number of H-pyrrole nitrogens is 1. The summed E-state index contributed by atoms with van der Waals surface area (Å²) in [4.78, 5) is 15.9. The molecular weight excluding hydrogens is 182 g/mol. The molecule has 14 heavy (non-hydrogen) atoms. The van der Waals surface area contributed by atoms with Crippen LogP contribution in [0.5, 0.6) is 0 Å². The number of rotatable bonds is 3. The number of aromatic nitrogens is 1. The second-order valence-electron chi connectivity index (χ2n) is 3.32. The first-order valence-electron chi connectivity index (χ1n) is 4.60. The molecule has 1 aromatic heterocycles. The molecule has 2 amide bonds. The van der Waals surface area contributed by atoms with Crippen molar-refractivity contribution in [2.75, 3.05) is 19.7 Å². The topological polar surface area (TPSA) is 68.4 Å².